The molecule has 0 aromatic heterocycles. The fraction of sp³-hybridized carbons (Fsp3) is 0.850. The van der Waals surface area contributed by atoms with Crippen molar-refractivity contribution in [3.63, 3.8) is 0 Å². The Hall–Kier alpha value is -0.970. The van der Waals surface area contributed by atoms with Crippen molar-refractivity contribution in [3.05, 3.63) is 0 Å². The number of unbranched alkanes of at least 4 members (excludes halogenated alkanes) is 10. The van der Waals surface area contributed by atoms with Crippen LogP contribution < -0.4 is 0 Å². The Morgan fingerprint density at radius 2 is 1.41 bits per heavy atom. The molecule has 22 heavy (non-hydrogen) atoms. The fourth-order valence-corrected chi connectivity index (χ4v) is 2.37. The standard InChI is InChI=1S/C20H36O2/c1-4-6-8-10-12-14-16-18-20(21)22-19(3)17-15-13-11-9-7-5-2/h19H,4-14,16,18H2,1-3H3. The van der Waals surface area contributed by atoms with E-state index in [4.69, 9.17) is 4.74 Å². The van der Waals surface area contributed by atoms with Crippen LogP contribution in [0.4, 0.5) is 0 Å². The van der Waals surface area contributed by atoms with E-state index >= 15 is 0 Å². The second-order valence-electron chi connectivity index (χ2n) is 6.14. The molecule has 0 rings (SSSR count). The molecule has 0 aliphatic rings. The minimum Gasteiger partial charge on any atom is -0.449 e. The van der Waals surface area contributed by atoms with E-state index in [1.54, 1.807) is 0 Å². The molecular formula is C20H36O2. The lowest BCUT2D eigenvalue weighted by Gasteiger charge is -2.07. The average Bonchev–Trinajstić information content (AvgIpc) is 2.50. The van der Waals surface area contributed by atoms with Crippen molar-refractivity contribution >= 4 is 5.97 Å². The van der Waals surface area contributed by atoms with Crippen molar-refractivity contribution in [1.29, 1.82) is 0 Å². The molecule has 2 nitrogen and oxygen atoms in total. The van der Waals surface area contributed by atoms with Crippen molar-refractivity contribution in [2.45, 2.75) is 110 Å². The summed E-state index contributed by atoms with van der Waals surface area (Å²) in [5.41, 5.74) is 0. The van der Waals surface area contributed by atoms with E-state index in [0.717, 1.165) is 25.7 Å². The number of hydrogen-bond acceptors (Lipinski definition) is 2. The van der Waals surface area contributed by atoms with Gasteiger partial charge in [0.2, 0.25) is 0 Å². The molecule has 0 aromatic carbocycles. The zero-order chi connectivity index (χ0) is 16.5. The molecule has 0 aliphatic carbocycles. The smallest absolute Gasteiger partial charge is 0.307 e. The van der Waals surface area contributed by atoms with Crippen LogP contribution in [0.25, 0.3) is 0 Å². The van der Waals surface area contributed by atoms with E-state index in [2.05, 4.69) is 25.7 Å². The maximum atomic E-state index is 11.7. The molecule has 128 valence electrons. The molecule has 0 N–H and O–H groups in total. The van der Waals surface area contributed by atoms with E-state index in [-0.39, 0.29) is 12.1 Å². The minimum atomic E-state index is -0.261. The third kappa shape index (κ3) is 15.4. The summed E-state index contributed by atoms with van der Waals surface area (Å²) in [5, 5.41) is 0. The summed E-state index contributed by atoms with van der Waals surface area (Å²) < 4.78 is 5.31. The summed E-state index contributed by atoms with van der Waals surface area (Å²) in [7, 11) is 0. The van der Waals surface area contributed by atoms with Gasteiger partial charge in [-0.05, 0) is 19.8 Å². The number of esters is 1. The second-order valence-corrected chi connectivity index (χ2v) is 6.14. The monoisotopic (exact) mass is 308 g/mol. The highest BCUT2D eigenvalue weighted by Gasteiger charge is 2.06. The van der Waals surface area contributed by atoms with Gasteiger partial charge in [0.1, 0.15) is 0 Å². The molecule has 0 saturated heterocycles. The fourth-order valence-electron chi connectivity index (χ4n) is 2.37. The third-order valence-electron chi connectivity index (χ3n) is 3.75. The zero-order valence-electron chi connectivity index (χ0n) is 15.1. The van der Waals surface area contributed by atoms with Crippen molar-refractivity contribution in [2.24, 2.45) is 0 Å². The van der Waals surface area contributed by atoms with Crippen LogP contribution in [-0.4, -0.2) is 12.1 Å². The van der Waals surface area contributed by atoms with Gasteiger partial charge in [-0.15, -0.1) is 0 Å². The minimum absolute atomic E-state index is 0.0960. The van der Waals surface area contributed by atoms with Crippen LogP contribution in [-0.2, 0) is 9.53 Å². The molecule has 1 unspecified atom stereocenters. The number of carbonyl (C=O) groups excluding carboxylic acids is 1. The zero-order valence-corrected chi connectivity index (χ0v) is 15.1. The highest BCUT2D eigenvalue weighted by molar-refractivity contribution is 5.69. The van der Waals surface area contributed by atoms with Gasteiger partial charge in [-0.2, -0.15) is 0 Å². The molecule has 2 heteroatoms. The van der Waals surface area contributed by atoms with Gasteiger partial charge >= 0.3 is 5.97 Å². The van der Waals surface area contributed by atoms with Crippen molar-refractivity contribution in [2.75, 3.05) is 0 Å². The van der Waals surface area contributed by atoms with Crippen LogP contribution in [0.1, 0.15) is 104 Å². The Morgan fingerprint density at radius 1 is 0.864 bits per heavy atom. The Labute approximate surface area is 138 Å². The van der Waals surface area contributed by atoms with E-state index in [1.807, 2.05) is 6.92 Å². The first-order valence-corrected chi connectivity index (χ1v) is 9.38. The predicted octanol–water partition coefficient (Wildman–Crippen LogP) is 6.03. The van der Waals surface area contributed by atoms with Crippen LogP contribution in [0.3, 0.4) is 0 Å². The van der Waals surface area contributed by atoms with Gasteiger partial charge in [0.05, 0.1) is 0 Å². The molecule has 0 aromatic rings. The predicted molar refractivity (Wildman–Crippen MR) is 94.7 cm³/mol. The lowest BCUT2D eigenvalue weighted by molar-refractivity contribution is -0.145. The van der Waals surface area contributed by atoms with E-state index in [9.17, 15) is 4.79 Å². The molecule has 0 aliphatic heterocycles. The first-order chi connectivity index (χ1) is 10.7. The Kier molecular flexibility index (Phi) is 15.7. The quantitative estimate of drug-likeness (QED) is 0.236. The number of rotatable bonds is 13. The number of carbonyl (C=O) groups is 1. The van der Waals surface area contributed by atoms with Gasteiger partial charge in [-0.25, -0.2) is 0 Å². The maximum absolute atomic E-state index is 11.7. The molecule has 0 heterocycles. The first-order valence-electron chi connectivity index (χ1n) is 9.38. The summed E-state index contributed by atoms with van der Waals surface area (Å²) in [6.07, 6.45) is 14.7. The SMILES string of the molecule is CCCCCCC#CC(C)OC(=O)CCCCCCCCC. The molecular weight excluding hydrogens is 272 g/mol. The van der Waals surface area contributed by atoms with E-state index in [0.29, 0.717) is 6.42 Å². The van der Waals surface area contributed by atoms with Crippen LogP contribution in [0.2, 0.25) is 0 Å². The summed E-state index contributed by atoms with van der Waals surface area (Å²) in [6, 6.07) is 0. The van der Waals surface area contributed by atoms with Crippen molar-refractivity contribution in [3.8, 4) is 11.8 Å². The average molecular weight is 309 g/mol. The van der Waals surface area contributed by atoms with Crippen LogP contribution in [0.15, 0.2) is 0 Å². The Morgan fingerprint density at radius 3 is 2.05 bits per heavy atom. The first kappa shape index (κ1) is 21.0. The molecule has 0 spiro atoms. The molecule has 0 fully saturated rings. The Balaban J connectivity index is 3.51. The summed E-state index contributed by atoms with van der Waals surface area (Å²) in [4.78, 5) is 11.7. The lowest BCUT2D eigenvalue weighted by Crippen LogP contribution is -2.12. The maximum Gasteiger partial charge on any atom is 0.307 e. The van der Waals surface area contributed by atoms with Crippen LogP contribution >= 0.6 is 0 Å². The van der Waals surface area contributed by atoms with Gasteiger partial charge in [-0.3, -0.25) is 4.79 Å². The second kappa shape index (κ2) is 16.4. The van der Waals surface area contributed by atoms with Crippen molar-refractivity contribution in [1.82, 2.24) is 0 Å². The lowest BCUT2D eigenvalue weighted by atomic mass is 10.1. The Bertz CT molecular complexity index is 311. The molecule has 1 atom stereocenters. The largest absolute Gasteiger partial charge is 0.449 e. The van der Waals surface area contributed by atoms with Gasteiger partial charge in [0.15, 0.2) is 6.10 Å². The van der Waals surface area contributed by atoms with E-state index in [1.165, 1.54) is 51.4 Å². The molecule has 0 radical (unpaired) electrons. The van der Waals surface area contributed by atoms with Gasteiger partial charge in [0, 0.05) is 12.8 Å². The molecule has 0 bridgehead atoms. The van der Waals surface area contributed by atoms with Gasteiger partial charge in [-0.1, -0.05) is 83.5 Å². The normalized spacial score (nSPS) is 11.6. The van der Waals surface area contributed by atoms with Crippen molar-refractivity contribution < 1.29 is 9.53 Å². The van der Waals surface area contributed by atoms with Gasteiger partial charge in [0.25, 0.3) is 0 Å². The third-order valence-corrected chi connectivity index (χ3v) is 3.75. The highest BCUT2D eigenvalue weighted by atomic mass is 16.5. The number of hydrogen-bond donors (Lipinski definition) is 0. The van der Waals surface area contributed by atoms with E-state index < -0.39 is 0 Å². The van der Waals surface area contributed by atoms with Crippen LogP contribution in [0, 0.1) is 11.8 Å². The highest BCUT2D eigenvalue weighted by Crippen LogP contribution is 2.09. The summed E-state index contributed by atoms with van der Waals surface area (Å²) in [5.74, 6) is 6.04. The van der Waals surface area contributed by atoms with Gasteiger partial charge < -0.3 is 4.74 Å². The topological polar surface area (TPSA) is 26.3 Å². The number of ether oxygens (including phenoxy) is 1. The van der Waals surface area contributed by atoms with Crippen LogP contribution in [0.5, 0.6) is 0 Å². The summed E-state index contributed by atoms with van der Waals surface area (Å²) >= 11 is 0. The molecule has 0 amide bonds. The summed E-state index contributed by atoms with van der Waals surface area (Å²) in [6.45, 7) is 6.30. The molecule has 0 saturated carbocycles.